The van der Waals surface area contributed by atoms with Crippen molar-refractivity contribution in [3.8, 4) is 11.5 Å². The number of nitrogens with zero attached hydrogens (tertiary/aromatic N) is 2. The second kappa shape index (κ2) is 8.10. The quantitative estimate of drug-likeness (QED) is 0.426. The molecule has 0 aromatic heterocycles. The van der Waals surface area contributed by atoms with Crippen molar-refractivity contribution in [3.63, 3.8) is 0 Å². The van der Waals surface area contributed by atoms with Gasteiger partial charge in [-0.1, -0.05) is 53.5 Å². The summed E-state index contributed by atoms with van der Waals surface area (Å²) in [5.74, 6) is 1.50. The van der Waals surface area contributed by atoms with Gasteiger partial charge in [-0.05, 0) is 55.8 Å². The van der Waals surface area contributed by atoms with Gasteiger partial charge in [-0.3, -0.25) is 0 Å². The molecule has 2 aliphatic rings. The second-order valence-electron chi connectivity index (χ2n) is 8.02. The summed E-state index contributed by atoms with van der Waals surface area (Å²) < 4.78 is 12.2. The van der Waals surface area contributed by atoms with Crippen LogP contribution in [-0.4, -0.2) is 16.8 Å². The van der Waals surface area contributed by atoms with Crippen molar-refractivity contribution in [1.82, 2.24) is 5.01 Å². The van der Waals surface area contributed by atoms with Crippen molar-refractivity contribution < 1.29 is 9.47 Å². The lowest BCUT2D eigenvalue weighted by Crippen LogP contribution is -2.33. The van der Waals surface area contributed by atoms with Gasteiger partial charge in [0.25, 0.3) is 0 Å². The second-order valence-corrected chi connectivity index (χ2v) is 8.87. The maximum Gasteiger partial charge on any atom is 0.213 e. The monoisotopic (exact) mass is 452 g/mol. The molecule has 0 N–H and O–H groups in total. The summed E-state index contributed by atoms with van der Waals surface area (Å²) in [6, 6.07) is 21.8. The van der Waals surface area contributed by atoms with Gasteiger partial charge in [-0.2, -0.15) is 5.10 Å². The SMILES string of the molecule is CC(C)Oc1ccc([C@H]2Oc3c(Cl)cc(Cl)cc3[C@@H]3CC(c4ccccc4)=NN23)cc1. The Morgan fingerprint density at radius 2 is 1.77 bits per heavy atom. The fraction of sp³-hybridized carbons (Fsp3) is 0.240. The summed E-state index contributed by atoms with van der Waals surface area (Å²) in [4.78, 5) is 0. The number of hydrazone groups is 1. The topological polar surface area (TPSA) is 34.1 Å². The van der Waals surface area contributed by atoms with Crippen molar-refractivity contribution >= 4 is 28.9 Å². The minimum atomic E-state index is -0.398. The number of ether oxygens (including phenoxy) is 2. The molecule has 0 spiro atoms. The number of hydrogen-bond acceptors (Lipinski definition) is 4. The molecule has 158 valence electrons. The zero-order valence-corrected chi connectivity index (χ0v) is 18.8. The van der Waals surface area contributed by atoms with E-state index in [1.54, 1.807) is 6.07 Å². The minimum absolute atomic E-state index is 0.00764. The molecule has 0 saturated heterocycles. The summed E-state index contributed by atoms with van der Waals surface area (Å²) in [6.07, 6.45) is 0.473. The largest absolute Gasteiger partial charge is 0.491 e. The summed E-state index contributed by atoms with van der Waals surface area (Å²) in [5, 5.41) is 8.10. The van der Waals surface area contributed by atoms with Gasteiger partial charge in [0.05, 0.1) is 22.9 Å². The van der Waals surface area contributed by atoms with Gasteiger partial charge < -0.3 is 9.47 Å². The molecule has 0 aliphatic carbocycles. The Morgan fingerprint density at radius 1 is 1.03 bits per heavy atom. The Labute approximate surface area is 192 Å². The van der Waals surface area contributed by atoms with Crippen molar-refractivity contribution in [2.45, 2.75) is 38.6 Å². The Balaban J connectivity index is 1.56. The highest BCUT2D eigenvalue weighted by Crippen LogP contribution is 2.50. The highest BCUT2D eigenvalue weighted by atomic mass is 35.5. The van der Waals surface area contributed by atoms with E-state index >= 15 is 0 Å². The van der Waals surface area contributed by atoms with Gasteiger partial charge >= 0.3 is 0 Å². The molecule has 0 radical (unpaired) electrons. The summed E-state index contributed by atoms with van der Waals surface area (Å²) >= 11 is 12.9. The van der Waals surface area contributed by atoms with E-state index in [0.29, 0.717) is 15.8 Å². The normalized spacial score (nSPS) is 19.5. The van der Waals surface area contributed by atoms with Crippen LogP contribution in [0, 0.1) is 0 Å². The molecule has 0 fully saturated rings. The lowest BCUT2D eigenvalue weighted by Gasteiger charge is -2.38. The van der Waals surface area contributed by atoms with Crippen molar-refractivity contribution in [2.75, 3.05) is 0 Å². The van der Waals surface area contributed by atoms with E-state index in [2.05, 4.69) is 12.1 Å². The average Bonchev–Trinajstić information content (AvgIpc) is 3.20. The Kier molecular flexibility index (Phi) is 5.28. The van der Waals surface area contributed by atoms with E-state index in [4.69, 9.17) is 37.8 Å². The van der Waals surface area contributed by atoms with Crippen LogP contribution in [0.5, 0.6) is 11.5 Å². The molecule has 2 aliphatic heterocycles. The third-order valence-electron chi connectivity index (χ3n) is 5.45. The van der Waals surface area contributed by atoms with Gasteiger partial charge in [0.1, 0.15) is 11.5 Å². The fourth-order valence-corrected chi connectivity index (χ4v) is 4.68. The standard InChI is InChI=1S/C25H22Cl2N2O2/c1-15(2)30-19-10-8-17(9-11-19)25-29-23(14-22(28-29)16-6-4-3-5-7-16)20-12-18(26)13-21(27)24(20)31-25/h3-13,15,23,25H,14H2,1-2H3/t23-,25+/m0/s1. The lowest BCUT2D eigenvalue weighted by molar-refractivity contribution is -0.0189. The molecule has 5 rings (SSSR count). The number of hydrogen-bond donors (Lipinski definition) is 0. The number of benzene rings is 3. The highest BCUT2D eigenvalue weighted by Gasteiger charge is 2.42. The van der Waals surface area contributed by atoms with Crippen LogP contribution in [0.15, 0.2) is 71.8 Å². The molecule has 2 atom stereocenters. The van der Waals surface area contributed by atoms with E-state index in [9.17, 15) is 0 Å². The number of halogens is 2. The molecule has 0 bridgehead atoms. The predicted molar refractivity (Wildman–Crippen MR) is 124 cm³/mol. The predicted octanol–water partition coefficient (Wildman–Crippen LogP) is 7.02. The number of rotatable bonds is 4. The maximum atomic E-state index is 6.54. The first-order valence-electron chi connectivity index (χ1n) is 10.3. The van der Waals surface area contributed by atoms with Crippen LogP contribution >= 0.6 is 23.2 Å². The summed E-state index contributed by atoms with van der Waals surface area (Å²) in [5.41, 5.74) is 4.06. The van der Waals surface area contributed by atoms with Crippen LogP contribution in [0.2, 0.25) is 10.0 Å². The summed E-state index contributed by atoms with van der Waals surface area (Å²) in [7, 11) is 0. The van der Waals surface area contributed by atoms with Crippen LogP contribution in [0.1, 0.15) is 49.2 Å². The molecule has 6 heteroatoms. The van der Waals surface area contributed by atoms with E-state index in [1.165, 1.54) is 0 Å². The van der Waals surface area contributed by atoms with Gasteiger partial charge in [0.2, 0.25) is 6.23 Å². The van der Waals surface area contributed by atoms with Crippen LogP contribution in [0.4, 0.5) is 0 Å². The first-order valence-corrected chi connectivity index (χ1v) is 11.1. The van der Waals surface area contributed by atoms with Gasteiger partial charge in [0.15, 0.2) is 0 Å². The van der Waals surface area contributed by atoms with Crippen LogP contribution < -0.4 is 9.47 Å². The molecule has 2 heterocycles. The van der Waals surface area contributed by atoms with E-state index < -0.39 is 6.23 Å². The fourth-order valence-electron chi connectivity index (χ4n) is 4.12. The third kappa shape index (κ3) is 3.86. The molecular formula is C25H22Cl2N2O2. The third-order valence-corrected chi connectivity index (χ3v) is 5.95. The number of fused-ring (bicyclic) bond motifs is 3. The minimum Gasteiger partial charge on any atom is -0.491 e. The van der Waals surface area contributed by atoms with Crippen molar-refractivity contribution in [2.24, 2.45) is 5.10 Å². The lowest BCUT2D eigenvalue weighted by atomic mass is 9.96. The molecule has 0 amide bonds. The summed E-state index contributed by atoms with van der Waals surface area (Å²) in [6.45, 7) is 4.02. The van der Waals surface area contributed by atoms with E-state index in [1.807, 2.05) is 67.4 Å². The van der Waals surface area contributed by atoms with Crippen LogP contribution in [0.25, 0.3) is 0 Å². The zero-order chi connectivity index (χ0) is 21.5. The molecule has 4 nitrogen and oxygen atoms in total. The van der Waals surface area contributed by atoms with E-state index in [0.717, 1.165) is 34.6 Å². The van der Waals surface area contributed by atoms with Crippen molar-refractivity contribution in [3.05, 3.63) is 93.5 Å². The molecule has 0 saturated carbocycles. The van der Waals surface area contributed by atoms with E-state index in [-0.39, 0.29) is 12.1 Å². The van der Waals surface area contributed by atoms with Crippen molar-refractivity contribution in [1.29, 1.82) is 0 Å². The Morgan fingerprint density at radius 3 is 2.48 bits per heavy atom. The molecule has 3 aromatic rings. The molecule has 31 heavy (non-hydrogen) atoms. The van der Waals surface area contributed by atoms with Gasteiger partial charge in [0, 0.05) is 22.6 Å². The first kappa shape index (κ1) is 20.2. The van der Waals surface area contributed by atoms with Crippen LogP contribution in [0.3, 0.4) is 0 Å². The zero-order valence-electron chi connectivity index (χ0n) is 17.3. The smallest absolute Gasteiger partial charge is 0.213 e. The Bertz CT molecular complexity index is 1130. The highest BCUT2D eigenvalue weighted by molar-refractivity contribution is 6.35. The Hall–Kier alpha value is -2.69. The molecule has 3 aromatic carbocycles. The average molecular weight is 453 g/mol. The molecular weight excluding hydrogens is 431 g/mol. The maximum absolute atomic E-state index is 6.54. The van der Waals surface area contributed by atoms with Crippen LogP contribution in [-0.2, 0) is 0 Å². The van der Waals surface area contributed by atoms with Gasteiger partial charge in [-0.15, -0.1) is 0 Å². The molecule has 0 unspecified atom stereocenters. The van der Waals surface area contributed by atoms with Gasteiger partial charge in [-0.25, -0.2) is 5.01 Å². The first-order chi connectivity index (χ1) is 15.0.